The van der Waals surface area contributed by atoms with E-state index in [-0.39, 0.29) is 11.7 Å². The fraction of sp³-hybridized carbons (Fsp3) is 0.167. The summed E-state index contributed by atoms with van der Waals surface area (Å²) in [5, 5.41) is 3.46. The van der Waals surface area contributed by atoms with Crippen LogP contribution in [0.4, 0.5) is 5.82 Å². The summed E-state index contributed by atoms with van der Waals surface area (Å²) in [5.41, 5.74) is 10.8. The Balaban J connectivity index is 2.60. The number of hydrogen-bond acceptors (Lipinski definition) is 4. The van der Waals surface area contributed by atoms with Gasteiger partial charge in [0.15, 0.2) is 5.82 Å². The van der Waals surface area contributed by atoms with Crippen molar-refractivity contribution in [3.05, 3.63) is 46.5 Å². The molecule has 1 heterocycles. The molecule has 90 valence electrons. The third-order valence-electron chi connectivity index (χ3n) is 2.40. The highest BCUT2D eigenvalue weighted by atomic mass is 16.5. The van der Waals surface area contributed by atoms with Gasteiger partial charge in [-0.1, -0.05) is 30.3 Å². The molecule has 0 bridgehead atoms. The second-order valence-corrected chi connectivity index (χ2v) is 3.55. The Morgan fingerprint density at radius 2 is 1.94 bits per heavy atom. The second-order valence-electron chi connectivity index (χ2n) is 3.55. The molecule has 0 aliphatic heterocycles. The maximum absolute atomic E-state index is 8.45. The van der Waals surface area contributed by atoms with Crippen molar-refractivity contribution >= 4 is 5.82 Å². The largest absolute Gasteiger partial charge is 0.480 e. The van der Waals surface area contributed by atoms with E-state index in [2.05, 4.69) is 20.0 Å². The van der Waals surface area contributed by atoms with Crippen LogP contribution in [-0.2, 0) is 0 Å². The van der Waals surface area contributed by atoms with Gasteiger partial charge in [0.25, 0.3) is 0 Å². The molecule has 2 rings (SSSR count). The molecule has 0 atom stereocenters. The molecule has 0 unspecified atom stereocenters. The highest BCUT2D eigenvalue weighted by molar-refractivity contribution is 5.63. The van der Waals surface area contributed by atoms with Crippen LogP contribution in [0.25, 0.3) is 21.7 Å². The van der Waals surface area contributed by atoms with Crippen LogP contribution in [-0.4, -0.2) is 17.1 Å². The predicted octanol–water partition coefficient (Wildman–Crippen LogP) is 3.40. The van der Waals surface area contributed by atoms with Gasteiger partial charge in [-0.25, -0.2) is 9.97 Å². The van der Waals surface area contributed by atoms with E-state index in [1.165, 1.54) is 7.11 Å². The Kier molecular flexibility index (Phi) is 3.41. The summed E-state index contributed by atoms with van der Waals surface area (Å²) in [4.78, 5) is 11.2. The Hall–Kier alpha value is -2.59. The smallest absolute Gasteiger partial charge is 0.242 e. The van der Waals surface area contributed by atoms with Crippen LogP contribution in [0, 0.1) is 6.92 Å². The number of ether oxygens (including phenoxy) is 1. The lowest BCUT2D eigenvalue weighted by Gasteiger charge is -2.08. The standard InChI is InChI=1S/C12H11N5O/c1-8-10(9-6-4-3-5-7-9)15-12(18-2)11(14-8)16-17-13/h3-7H,1-2H3. The van der Waals surface area contributed by atoms with Gasteiger partial charge in [-0.15, -0.1) is 0 Å². The summed E-state index contributed by atoms with van der Waals surface area (Å²) in [5.74, 6) is 0.370. The van der Waals surface area contributed by atoms with E-state index in [4.69, 9.17) is 10.3 Å². The summed E-state index contributed by atoms with van der Waals surface area (Å²) in [6.45, 7) is 1.81. The van der Waals surface area contributed by atoms with Gasteiger partial charge in [-0.2, -0.15) is 0 Å². The summed E-state index contributed by atoms with van der Waals surface area (Å²) < 4.78 is 5.08. The van der Waals surface area contributed by atoms with Gasteiger partial charge in [-0.3, -0.25) is 0 Å². The van der Waals surface area contributed by atoms with E-state index in [9.17, 15) is 0 Å². The number of aryl methyl sites for hydroxylation is 1. The molecule has 0 aliphatic carbocycles. The van der Waals surface area contributed by atoms with Crippen molar-refractivity contribution in [1.29, 1.82) is 0 Å². The molecule has 0 radical (unpaired) electrons. The molecule has 6 nitrogen and oxygen atoms in total. The molecule has 0 fully saturated rings. The molecular formula is C12H11N5O. The SMILES string of the molecule is COc1nc(-c2ccccc2)c(C)nc1N=[N+]=[N-]. The fourth-order valence-corrected chi connectivity index (χ4v) is 1.61. The van der Waals surface area contributed by atoms with E-state index in [1.807, 2.05) is 37.3 Å². The van der Waals surface area contributed by atoms with Crippen LogP contribution >= 0.6 is 0 Å². The van der Waals surface area contributed by atoms with Crippen molar-refractivity contribution in [3.63, 3.8) is 0 Å². The van der Waals surface area contributed by atoms with E-state index in [0.29, 0.717) is 11.4 Å². The summed E-state index contributed by atoms with van der Waals surface area (Å²) in [6, 6.07) is 9.64. The zero-order valence-corrected chi connectivity index (χ0v) is 10.0. The van der Waals surface area contributed by atoms with Crippen LogP contribution in [0.5, 0.6) is 5.88 Å². The van der Waals surface area contributed by atoms with Crippen LogP contribution in [0.2, 0.25) is 0 Å². The molecule has 0 saturated heterocycles. The Labute approximate surface area is 104 Å². The maximum atomic E-state index is 8.45. The molecule has 0 saturated carbocycles. The van der Waals surface area contributed by atoms with Crippen molar-refractivity contribution in [3.8, 4) is 17.1 Å². The molecule has 0 aliphatic rings. The third kappa shape index (κ3) is 2.23. The first-order valence-corrected chi connectivity index (χ1v) is 5.29. The number of benzene rings is 1. The summed E-state index contributed by atoms with van der Waals surface area (Å²) >= 11 is 0. The summed E-state index contributed by atoms with van der Waals surface area (Å²) in [6.07, 6.45) is 0. The highest BCUT2D eigenvalue weighted by Gasteiger charge is 2.11. The minimum Gasteiger partial charge on any atom is -0.480 e. The molecule has 1 aromatic heterocycles. The van der Waals surface area contributed by atoms with Crippen molar-refractivity contribution in [1.82, 2.24) is 9.97 Å². The maximum Gasteiger partial charge on any atom is 0.242 e. The number of nitrogens with zero attached hydrogens (tertiary/aromatic N) is 5. The van der Waals surface area contributed by atoms with Crippen molar-refractivity contribution in [2.75, 3.05) is 7.11 Å². The first-order chi connectivity index (χ1) is 8.76. The van der Waals surface area contributed by atoms with Crippen LogP contribution in [0.3, 0.4) is 0 Å². The van der Waals surface area contributed by atoms with Crippen molar-refractivity contribution in [2.45, 2.75) is 6.92 Å². The van der Waals surface area contributed by atoms with Crippen LogP contribution in [0.15, 0.2) is 35.4 Å². The van der Waals surface area contributed by atoms with Crippen molar-refractivity contribution < 1.29 is 4.74 Å². The monoisotopic (exact) mass is 241 g/mol. The normalized spacial score (nSPS) is 9.67. The number of azide groups is 1. The first-order valence-electron chi connectivity index (χ1n) is 5.29. The van der Waals surface area contributed by atoms with Gasteiger partial charge in [0.05, 0.1) is 18.5 Å². The lowest BCUT2D eigenvalue weighted by molar-refractivity contribution is 0.397. The summed E-state index contributed by atoms with van der Waals surface area (Å²) in [7, 11) is 1.46. The second kappa shape index (κ2) is 5.16. The van der Waals surface area contributed by atoms with Gasteiger partial charge in [-0.05, 0) is 17.6 Å². The number of rotatable bonds is 3. The van der Waals surface area contributed by atoms with Gasteiger partial charge in [0.2, 0.25) is 5.88 Å². The molecule has 0 spiro atoms. The zero-order chi connectivity index (χ0) is 13.0. The van der Waals surface area contributed by atoms with E-state index >= 15 is 0 Å². The Bertz CT molecular complexity index is 605. The molecule has 0 N–H and O–H groups in total. The van der Waals surface area contributed by atoms with Gasteiger partial charge in [0.1, 0.15) is 0 Å². The van der Waals surface area contributed by atoms with Gasteiger partial charge >= 0.3 is 0 Å². The topological polar surface area (TPSA) is 83.8 Å². The minimum absolute atomic E-state index is 0.150. The number of aromatic nitrogens is 2. The number of methoxy groups -OCH3 is 1. The molecule has 18 heavy (non-hydrogen) atoms. The number of hydrogen-bond donors (Lipinski definition) is 0. The average molecular weight is 241 g/mol. The van der Waals surface area contributed by atoms with Crippen LogP contribution < -0.4 is 4.74 Å². The lowest BCUT2D eigenvalue weighted by atomic mass is 10.1. The molecule has 2 aromatic rings. The lowest BCUT2D eigenvalue weighted by Crippen LogP contribution is -1.97. The van der Waals surface area contributed by atoms with Gasteiger partial charge in [0, 0.05) is 10.5 Å². The molecule has 6 heteroatoms. The Morgan fingerprint density at radius 1 is 1.22 bits per heavy atom. The van der Waals surface area contributed by atoms with E-state index in [1.54, 1.807) is 0 Å². The predicted molar refractivity (Wildman–Crippen MR) is 67.6 cm³/mol. The Morgan fingerprint density at radius 3 is 2.56 bits per heavy atom. The molecular weight excluding hydrogens is 230 g/mol. The van der Waals surface area contributed by atoms with E-state index in [0.717, 1.165) is 5.56 Å². The average Bonchev–Trinajstić information content (AvgIpc) is 2.40. The van der Waals surface area contributed by atoms with Gasteiger partial charge < -0.3 is 4.74 Å². The minimum atomic E-state index is 0.150. The zero-order valence-electron chi connectivity index (χ0n) is 10.0. The first kappa shape index (κ1) is 11.9. The molecule has 0 amide bonds. The third-order valence-corrected chi connectivity index (χ3v) is 2.40. The fourth-order valence-electron chi connectivity index (χ4n) is 1.61. The molecule has 1 aromatic carbocycles. The van der Waals surface area contributed by atoms with E-state index < -0.39 is 0 Å². The van der Waals surface area contributed by atoms with Crippen molar-refractivity contribution in [2.24, 2.45) is 5.11 Å². The quantitative estimate of drug-likeness (QED) is 0.469. The highest BCUT2D eigenvalue weighted by Crippen LogP contribution is 2.29. The van der Waals surface area contributed by atoms with Crippen LogP contribution in [0.1, 0.15) is 5.69 Å².